The zero-order chi connectivity index (χ0) is 13.0. The van der Waals surface area contributed by atoms with Gasteiger partial charge in [-0.25, -0.2) is 4.39 Å². The third kappa shape index (κ3) is 3.04. The standard InChI is InChI=1S/C12H11FN2O2S/c1-15-6-7-18-12(15)14-11(16)8-17-10-5-3-2-4-9(10)13/h2-7H,8H2,1H3. The highest BCUT2D eigenvalue weighted by molar-refractivity contribution is 7.07. The minimum absolute atomic E-state index is 0.0524. The van der Waals surface area contributed by atoms with Crippen molar-refractivity contribution in [3.63, 3.8) is 0 Å². The first-order valence-corrected chi connectivity index (χ1v) is 6.10. The van der Waals surface area contributed by atoms with Crippen LogP contribution in [0.1, 0.15) is 0 Å². The second-order valence-corrected chi connectivity index (χ2v) is 4.39. The number of halogens is 1. The molecule has 0 bridgehead atoms. The summed E-state index contributed by atoms with van der Waals surface area (Å²) in [5, 5.41) is 1.82. The summed E-state index contributed by atoms with van der Waals surface area (Å²) in [5.74, 6) is -0.889. The molecule has 0 radical (unpaired) electrons. The summed E-state index contributed by atoms with van der Waals surface area (Å²) in [6, 6.07) is 5.93. The highest BCUT2D eigenvalue weighted by Gasteiger charge is 2.05. The fourth-order valence-corrected chi connectivity index (χ4v) is 2.02. The van der Waals surface area contributed by atoms with E-state index in [9.17, 15) is 9.18 Å². The number of hydrogen-bond acceptors (Lipinski definition) is 3. The molecule has 4 nitrogen and oxygen atoms in total. The van der Waals surface area contributed by atoms with Gasteiger partial charge in [0.2, 0.25) is 0 Å². The number of carbonyl (C=O) groups excluding carboxylic acids is 1. The van der Waals surface area contributed by atoms with Gasteiger partial charge in [0.05, 0.1) is 0 Å². The van der Waals surface area contributed by atoms with Gasteiger partial charge in [-0.2, -0.15) is 4.99 Å². The molecule has 0 spiro atoms. The molecule has 6 heteroatoms. The van der Waals surface area contributed by atoms with Crippen molar-refractivity contribution >= 4 is 17.2 Å². The van der Waals surface area contributed by atoms with Crippen LogP contribution in [0, 0.1) is 5.82 Å². The Morgan fingerprint density at radius 3 is 2.94 bits per heavy atom. The Bertz CT molecular complexity index is 618. The highest BCUT2D eigenvalue weighted by atomic mass is 32.1. The number of hydrogen-bond donors (Lipinski definition) is 0. The second kappa shape index (κ2) is 5.59. The van der Waals surface area contributed by atoms with Gasteiger partial charge >= 0.3 is 0 Å². The van der Waals surface area contributed by atoms with Crippen LogP contribution in [-0.4, -0.2) is 17.1 Å². The zero-order valence-electron chi connectivity index (χ0n) is 9.67. The van der Waals surface area contributed by atoms with E-state index in [0.29, 0.717) is 4.80 Å². The lowest BCUT2D eigenvalue weighted by molar-refractivity contribution is -0.120. The summed E-state index contributed by atoms with van der Waals surface area (Å²) in [6.07, 6.45) is 1.80. The molecular weight excluding hydrogens is 255 g/mol. The van der Waals surface area contributed by atoms with Crippen molar-refractivity contribution in [2.75, 3.05) is 6.61 Å². The van der Waals surface area contributed by atoms with E-state index >= 15 is 0 Å². The maximum absolute atomic E-state index is 13.2. The molecule has 0 aliphatic carbocycles. The van der Waals surface area contributed by atoms with Crippen LogP contribution in [0.2, 0.25) is 0 Å². The molecule has 1 amide bonds. The van der Waals surface area contributed by atoms with Crippen molar-refractivity contribution in [3.8, 4) is 5.75 Å². The molecule has 94 valence electrons. The van der Waals surface area contributed by atoms with Crippen molar-refractivity contribution in [1.82, 2.24) is 4.57 Å². The molecule has 0 N–H and O–H groups in total. The van der Waals surface area contributed by atoms with Gasteiger partial charge < -0.3 is 9.30 Å². The van der Waals surface area contributed by atoms with Crippen LogP contribution in [0.4, 0.5) is 4.39 Å². The summed E-state index contributed by atoms with van der Waals surface area (Å²) < 4.78 is 20.0. The van der Waals surface area contributed by atoms with E-state index in [0.717, 1.165) is 0 Å². The summed E-state index contributed by atoms with van der Waals surface area (Å²) in [4.78, 5) is 16.0. The molecule has 18 heavy (non-hydrogen) atoms. The third-order valence-corrected chi connectivity index (χ3v) is 3.02. The Hall–Kier alpha value is -1.95. The lowest BCUT2D eigenvalue weighted by atomic mass is 10.3. The van der Waals surface area contributed by atoms with E-state index in [-0.39, 0.29) is 12.4 Å². The van der Waals surface area contributed by atoms with E-state index in [1.165, 1.54) is 23.5 Å². The molecule has 0 unspecified atom stereocenters. The zero-order valence-corrected chi connectivity index (χ0v) is 10.5. The molecule has 1 heterocycles. The second-order valence-electron chi connectivity index (χ2n) is 3.52. The molecular formula is C12H11FN2O2S. The minimum atomic E-state index is -0.494. The Balaban J connectivity index is 2.02. The Kier molecular flexibility index (Phi) is 3.88. The van der Waals surface area contributed by atoms with Gasteiger partial charge in [0.1, 0.15) is 0 Å². The van der Waals surface area contributed by atoms with Gasteiger partial charge in [-0.3, -0.25) is 4.79 Å². The fraction of sp³-hybridized carbons (Fsp3) is 0.167. The maximum Gasteiger partial charge on any atom is 0.286 e. The van der Waals surface area contributed by atoms with E-state index < -0.39 is 11.7 Å². The predicted octanol–water partition coefficient (Wildman–Crippen LogP) is 1.73. The largest absolute Gasteiger partial charge is 0.481 e. The van der Waals surface area contributed by atoms with Gasteiger partial charge in [0, 0.05) is 18.6 Å². The smallest absolute Gasteiger partial charge is 0.286 e. The Labute approximate surface area is 107 Å². The number of carbonyl (C=O) groups is 1. The van der Waals surface area contributed by atoms with E-state index in [1.807, 2.05) is 5.38 Å². The van der Waals surface area contributed by atoms with Crippen molar-refractivity contribution in [2.45, 2.75) is 0 Å². The highest BCUT2D eigenvalue weighted by Crippen LogP contribution is 2.14. The average Bonchev–Trinajstić information content (AvgIpc) is 2.74. The van der Waals surface area contributed by atoms with Crippen molar-refractivity contribution < 1.29 is 13.9 Å². The monoisotopic (exact) mass is 266 g/mol. The number of amides is 1. The van der Waals surface area contributed by atoms with Gasteiger partial charge in [0.15, 0.2) is 23.0 Å². The normalized spacial score (nSPS) is 11.6. The van der Waals surface area contributed by atoms with Crippen LogP contribution in [0.25, 0.3) is 0 Å². The van der Waals surface area contributed by atoms with Crippen molar-refractivity contribution in [1.29, 1.82) is 0 Å². The maximum atomic E-state index is 13.2. The molecule has 2 rings (SSSR count). The number of ether oxygens (including phenoxy) is 1. The van der Waals surface area contributed by atoms with E-state index in [4.69, 9.17) is 4.74 Å². The molecule has 0 saturated heterocycles. The molecule has 0 saturated carbocycles. The van der Waals surface area contributed by atoms with Gasteiger partial charge in [-0.05, 0) is 12.1 Å². The van der Waals surface area contributed by atoms with Crippen LogP contribution in [0.5, 0.6) is 5.75 Å². The Morgan fingerprint density at radius 1 is 1.50 bits per heavy atom. The summed E-state index contributed by atoms with van der Waals surface area (Å²) in [7, 11) is 1.79. The molecule has 0 aliphatic rings. The summed E-state index contributed by atoms with van der Waals surface area (Å²) in [5.41, 5.74) is 0. The lowest BCUT2D eigenvalue weighted by Gasteiger charge is -2.03. The number of para-hydroxylation sites is 1. The number of nitrogens with zero attached hydrogens (tertiary/aromatic N) is 2. The minimum Gasteiger partial charge on any atom is -0.481 e. The number of aromatic nitrogens is 1. The number of thiazole rings is 1. The fourth-order valence-electron chi connectivity index (χ4n) is 1.27. The van der Waals surface area contributed by atoms with Crippen molar-refractivity contribution in [2.24, 2.45) is 12.0 Å². The number of aryl methyl sites for hydroxylation is 1. The van der Waals surface area contributed by atoms with Crippen LogP contribution >= 0.6 is 11.3 Å². The third-order valence-electron chi connectivity index (χ3n) is 2.17. The molecule has 1 aromatic carbocycles. The molecule has 2 aromatic rings. The van der Waals surface area contributed by atoms with Crippen LogP contribution in [-0.2, 0) is 11.8 Å². The predicted molar refractivity (Wildman–Crippen MR) is 65.8 cm³/mol. The molecule has 0 fully saturated rings. The topological polar surface area (TPSA) is 43.6 Å². The summed E-state index contributed by atoms with van der Waals surface area (Å²) in [6.45, 7) is -0.279. The first-order chi connectivity index (χ1) is 8.66. The Morgan fingerprint density at radius 2 is 2.28 bits per heavy atom. The van der Waals surface area contributed by atoms with Crippen LogP contribution in [0.3, 0.4) is 0 Å². The van der Waals surface area contributed by atoms with Crippen molar-refractivity contribution in [3.05, 3.63) is 46.5 Å². The van der Waals surface area contributed by atoms with Crippen LogP contribution < -0.4 is 9.54 Å². The molecule has 1 aromatic heterocycles. The first-order valence-electron chi connectivity index (χ1n) is 5.22. The quantitative estimate of drug-likeness (QED) is 0.849. The first kappa shape index (κ1) is 12.5. The average molecular weight is 266 g/mol. The van der Waals surface area contributed by atoms with Gasteiger partial charge in [-0.1, -0.05) is 12.1 Å². The molecule has 0 atom stereocenters. The summed E-state index contributed by atoms with van der Waals surface area (Å²) >= 11 is 1.35. The lowest BCUT2D eigenvalue weighted by Crippen LogP contribution is -2.17. The number of rotatable bonds is 3. The molecule has 0 aliphatic heterocycles. The number of benzene rings is 1. The van der Waals surface area contributed by atoms with Crippen LogP contribution in [0.15, 0.2) is 40.8 Å². The van der Waals surface area contributed by atoms with Gasteiger partial charge in [0.25, 0.3) is 5.91 Å². The van der Waals surface area contributed by atoms with E-state index in [2.05, 4.69) is 4.99 Å². The van der Waals surface area contributed by atoms with E-state index in [1.54, 1.807) is 29.9 Å². The SMILES string of the molecule is Cn1ccsc1=NC(=O)COc1ccccc1F. The van der Waals surface area contributed by atoms with Gasteiger partial charge in [-0.15, -0.1) is 11.3 Å².